The minimum absolute atomic E-state index is 0.606. The molecule has 1 aromatic heterocycles. The number of hydrogen-bond acceptors (Lipinski definition) is 7. The third-order valence-electron chi connectivity index (χ3n) is 3.60. The molecule has 0 amide bonds. The molecule has 1 fully saturated rings. The lowest BCUT2D eigenvalue weighted by molar-refractivity contribution is 0.395. The SMILES string of the molecule is CNc1nc(N(C)C)nc(N(C)CC2CCN(C)C2)n1. The summed E-state index contributed by atoms with van der Waals surface area (Å²) >= 11 is 0. The Morgan fingerprint density at radius 1 is 1.20 bits per heavy atom. The van der Waals surface area contributed by atoms with Crippen molar-refractivity contribution in [3.63, 3.8) is 0 Å². The van der Waals surface area contributed by atoms with Gasteiger partial charge < -0.3 is 20.0 Å². The van der Waals surface area contributed by atoms with Crippen molar-refractivity contribution in [1.82, 2.24) is 19.9 Å². The molecule has 1 atom stereocenters. The molecular weight excluding hydrogens is 254 g/mol. The van der Waals surface area contributed by atoms with Crippen LogP contribution in [-0.2, 0) is 0 Å². The van der Waals surface area contributed by atoms with Gasteiger partial charge in [-0.2, -0.15) is 15.0 Å². The van der Waals surface area contributed by atoms with Crippen LogP contribution in [0, 0.1) is 5.92 Å². The Balaban J connectivity index is 2.11. The van der Waals surface area contributed by atoms with Crippen molar-refractivity contribution >= 4 is 17.8 Å². The average Bonchev–Trinajstić information content (AvgIpc) is 2.83. The first-order chi connectivity index (χ1) is 9.49. The van der Waals surface area contributed by atoms with Gasteiger partial charge in [-0.3, -0.25) is 0 Å². The molecule has 0 saturated carbocycles. The van der Waals surface area contributed by atoms with Crippen molar-refractivity contribution in [2.45, 2.75) is 6.42 Å². The highest BCUT2D eigenvalue weighted by atomic mass is 15.3. The van der Waals surface area contributed by atoms with Gasteiger partial charge in [-0.15, -0.1) is 0 Å². The summed E-state index contributed by atoms with van der Waals surface area (Å²) in [6.45, 7) is 3.31. The molecule has 20 heavy (non-hydrogen) atoms. The summed E-state index contributed by atoms with van der Waals surface area (Å²) in [6.07, 6.45) is 1.24. The van der Waals surface area contributed by atoms with Crippen molar-refractivity contribution < 1.29 is 0 Å². The second-order valence-electron chi connectivity index (χ2n) is 5.70. The summed E-state index contributed by atoms with van der Waals surface area (Å²) in [5, 5.41) is 2.99. The van der Waals surface area contributed by atoms with Gasteiger partial charge in [0.05, 0.1) is 0 Å². The number of nitrogens with zero attached hydrogens (tertiary/aromatic N) is 6. The molecule has 7 heteroatoms. The fraction of sp³-hybridized carbons (Fsp3) is 0.769. The Kier molecular flexibility index (Phi) is 4.59. The molecule has 1 unspecified atom stereocenters. The molecule has 0 aliphatic carbocycles. The number of nitrogens with one attached hydrogen (secondary N) is 1. The van der Waals surface area contributed by atoms with Crippen LogP contribution in [0.4, 0.5) is 17.8 Å². The van der Waals surface area contributed by atoms with Crippen LogP contribution in [0.5, 0.6) is 0 Å². The van der Waals surface area contributed by atoms with Crippen molar-refractivity contribution in [3.8, 4) is 0 Å². The van der Waals surface area contributed by atoms with Crippen molar-refractivity contribution in [2.75, 3.05) is 70.0 Å². The van der Waals surface area contributed by atoms with Gasteiger partial charge in [-0.25, -0.2) is 0 Å². The van der Waals surface area contributed by atoms with Crippen LogP contribution in [0.1, 0.15) is 6.42 Å². The maximum absolute atomic E-state index is 4.52. The zero-order valence-corrected chi connectivity index (χ0v) is 13.1. The Morgan fingerprint density at radius 3 is 2.45 bits per heavy atom. The van der Waals surface area contributed by atoms with Crippen molar-refractivity contribution in [1.29, 1.82) is 0 Å². The molecule has 1 aliphatic rings. The van der Waals surface area contributed by atoms with Crippen LogP contribution in [-0.4, -0.2) is 74.7 Å². The lowest BCUT2D eigenvalue weighted by Gasteiger charge is -2.22. The summed E-state index contributed by atoms with van der Waals surface area (Å²) in [5.74, 6) is 2.69. The van der Waals surface area contributed by atoms with Crippen LogP contribution in [0.3, 0.4) is 0 Å². The highest BCUT2D eigenvalue weighted by molar-refractivity contribution is 5.43. The maximum Gasteiger partial charge on any atom is 0.231 e. The maximum atomic E-state index is 4.52. The second kappa shape index (κ2) is 6.21. The first-order valence-corrected chi connectivity index (χ1v) is 7.00. The van der Waals surface area contributed by atoms with E-state index in [0.29, 0.717) is 17.8 Å². The molecule has 1 aromatic rings. The smallest absolute Gasteiger partial charge is 0.231 e. The standard InChI is InChI=1S/C13H25N7/c1-14-11-15-12(18(2)3)17-13(16-11)20(5)9-10-6-7-19(4)8-10/h10H,6-9H2,1-5H3,(H,14,15,16,17). The van der Waals surface area contributed by atoms with Crippen LogP contribution in [0.15, 0.2) is 0 Å². The molecule has 0 radical (unpaired) electrons. The van der Waals surface area contributed by atoms with Gasteiger partial charge in [0.2, 0.25) is 17.8 Å². The largest absolute Gasteiger partial charge is 0.357 e. The third-order valence-corrected chi connectivity index (χ3v) is 3.60. The lowest BCUT2D eigenvalue weighted by Crippen LogP contribution is -2.29. The van der Waals surface area contributed by atoms with Crippen LogP contribution >= 0.6 is 0 Å². The summed E-state index contributed by atoms with van der Waals surface area (Å²) in [4.78, 5) is 19.7. The number of anilines is 3. The van der Waals surface area contributed by atoms with Crippen LogP contribution < -0.4 is 15.1 Å². The normalized spacial score (nSPS) is 19.1. The van der Waals surface area contributed by atoms with E-state index in [0.717, 1.165) is 19.0 Å². The summed E-state index contributed by atoms with van der Waals surface area (Å²) in [5.41, 5.74) is 0. The summed E-state index contributed by atoms with van der Waals surface area (Å²) < 4.78 is 0. The quantitative estimate of drug-likeness (QED) is 0.835. The van der Waals surface area contributed by atoms with E-state index in [1.807, 2.05) is 33.1 Å². The molecule has 0 bridgehead atoms. The highest BCUT2D eigenvalue weighted by Gasteiger charge is 2.22. The number of likely N-dealkylation sites (tertiary alicyclic amines) is 1. The third kappa shape index (κ3) is 3.47. The van der Waals surface area contributed by atoms with E-state index >= 15 is 0 Å². The predicted octanol–water partition coefficient (Wildman–Crippen LogP) is 0.367. The molecule has 2 rings (SSSR count). The van der Waals surface area contributed by atoms with Crippen molar-refractivity contribution in [3.05, 3.63) is 0 Å². The Bertz CT molecular complexity index is 448. The van der Waals surface area contributed by atoms with E-state index in [2.05, 4.69) is 37.1 Å². The van der Waals surface area contributed by atoms with E-state index in [-0.39, 0.29) is 0 Å². The Hall–Kier alpha value is -1.63. The predicted molar refractivity (Wildman–Crippen MR) is 82.6 cm³/mol. The van der Waals surface area contributed by atoms with E-state index in [1.54, 1.807) is 0 Å². The summed E-state index contributed by atoms with van der Waals surface area (Å²) in [7, 11) is 9.91. The fourth-order valence-corrected chi connectivity index (χ4v) is 2.48. The van der Waals surface area contributed by atoms with Gasteiger partial charge in [0.25, 0.3) is 0 Å². The lowest BCUT2D eigenvalue weighted by atomic mass is 10.1. The van der Waals surface area contributed by atoms with Gasteiger partial charge in [0.1, 0.15) is 0 Å². The molecule has 2 heterocycles. The van der Waals surface area contributed by atoms with Gasteiger partial charge in [-0.05, 0) is 25.9 Å². The molecule has 1 saturated heterocycles. The zero-order chi connectivity index (χ0) is 14.7. The molecule has 7 nitrogen and oxygen atoms in total. The van der Waals surface area contributed by atoms with Gasteiger partial charge >= 0.3 is 0 Å². The van der Waals surface area contributed by atoms with E-state index in [9.17, 15) is 0 Å². The monoisotopic (exact) mass is 279 g/mol. The van der Waals surface area contributed by atoms with Crippen LogP contribution in [0.2, 0.25) is 0 Å². The second-order valence-corrected chi connectivity index (χ2v) is 5.70. The number of hydrogen-bond donors (Lipinski definition) is 1. The molecule has 0 aromatic carbocycles. The molecule has 0 spiro atoms. The average molecular weight is 279 g/mol. The van der Waals surface area contributed by atoms with Gasteiger partial charge in [-0.1, -0.05) is 0 Å². The van der Waals surface area contributed by atoms with E-state index in [1.165, 1.54) is 13.0 Å². The minimum Gasteiger partial charge on any atom is -0.357 e. The summed E-state index contributed by atoms with van der Waals surface area (Å²) in [6, 6.07) is 0. The molecule has 112 valence electrons. The Morgan fingerprint density at radius 2 is 1.90 bits per heavy atom. The van der Waals surface area contributed by atoms with Crippen LogP contribution in [0.25, 0.3) is 0 Å². The molecular formula is C13H25N7. The van der Waals surface area contributed by atoms with Gasteiger partial charge in [0.15, 0.2) is 0 Å². The zero-order valence-electron chi connectivity index (χ0n) is 13.1. The van der Waals surface area contributed by atoms with Gasteiger partial charge in [0, 0.05) is 41.3 Å². The van der Waals surface area contributed by atoms with E-state index < -0.39 is 0 Å². The van der Waals surface area contributed by atoms with Crippen molar-refractivity contribution in [2.24, 2.45) is 5.92 Å². The number of rotatable bonds is 5. The number of aromatic nitrogens is 3. The highest BCUT2D eigenvalue weighted by Crippen LogP contribution is 2.19. The topological polar surface area (TPSA) is 60.4 Å². The molecule has 1 aliphatic heterocycles. The fourth-order valence-electron chi connectivity index (χ4n) is 2.48. The molecule has 1 N–H and O–H groups in total. The first-order valence-electron chi connectivity index (χ1n) is 7.00. The van der Waals surface area contributed by atoms with E-state index in [4.69, 9.17) is 0 Å². The Labute approximate surface area is 121 Å². The minimum atomic E-state index is 0.606. The first kappa shape index (κ1) is 14.8.